The van der Waals surface area contributed by atoms with Crippen molar-refractivity contribution in [2.75, 3.05) is 6.54 Å². The summed E-state index contributed by atoms with van der Waals surface area (Å²) in [5.41, 5.74) is 1.35. The van der Waals surface area contributed by atoms with E-state index in [4.69, 9.17) is 0 Å². The van der Waals surface area contributed by atoms with Crippen LogP contribution in [0, 0.1) is 11.8 Å². The lowest BCUT2D eigenvalue weighted by atomic mass is 9.94. The second-order valence-electron chi connectivity index (χ2n) is 4.71. The summed E-state index contributed by atoms with van der Waals surface area (Å²) in [6.45, 7) is 14.6. The van der Waals surface area contributed by atoms with Gasteiger partial charge in [-0.05, 0) is 31.6 Å². The standard InChI is InChI=1S/C12H23N/c1-9(2)11(4)12(5)13-8-6-7-10(13)3/h9-11H,5-8H2,1-4H3/t10-,11?/m1/s1. The van der Waals surface area contributed by atoms with Crippen LogP contribution in [0.5, 0.6) is 0 Å². The highest BCUT2D eigenvalue weighted by Crippen LogP contribution is 2.28. The Morgan fingerprint density at radius 1 is 1.38 bits per heavy atom. The number of nitrogens with zero attached hydrogens (tertiary/aromatic N) is 1. The summed E-state index contributed by atoms with van der Waals surface area (Å²) in [4.78, 5) is 2.49. The normalized spacial score (nSPS) is 25.3. The van der Waals surface area contributed by atoms with Gasteiger partial charge in [0.2, 0.25) is 0 Å². The first-order chi connectivity index (χ1) is 6.04. The molecule has 2 atom stereocenters. The minimum Gasteiger partial charge on any atom is -0.372 e. The number of hydrogen-bond donors (Lipinski definition) is 0. The van der Waals surface area contributed by atoms with E-state index in [-0.39, 0.29) is 0 Å². The predicted octanol–water partition coefficient (Wildman–Crippen LogP) is 3.28. The molecule has 1 aliphatic heterocycles. The third-order valence-corrected chi connectivity index (χ3v) is 3.45. The van der Waals surface area contributed by atoms with Crippen LogP contribution in [0.2, 0.25) is 0 Å². The zero-order chi connectivity index (χ0) is 10.0. The second-order valence-corrected chi connectivity index (χ2v) is 4.71. The molecule has 0 radical (unpaired) electrons. The van der Waals surface area contributed by atoms with Gasteiger partial charge >= 0.3 is 0 Å². The zero-order valence-electron chi connectivity index (χ0n) is 9.51. The molecule has 1 heterocycles. The van der Waals surface area contributed by atoms with Crippen molar-refractivity contribution in [1.82, 2.24) is 4.90 Å². The van der Waals surface area contributed by atoms with Gasteiger partial charge in [-0.2, -0.15) is 0 Å². The molecule has 1 heteroatoms. The van der Waals surface area contributed by atoms with Gasteiger partial charge in [0.25, 0.3) is 0 Å². The molecule has 0 bridgehead atoms. The summed E-state index contributed by atoms with van der Waals surface area (Å²) in [5.74, 6) is 1.33. The van der Waals surface area contributed by atoms with Crippen LogP contribution in [0.15, 0.2) is 12.3 Å². The van der Waals surface area contributed by atoms with Crippen molar-refractivity contribution in [3.63, 3.8) is 0 Å². The Kier molecular flexibility index (Phi) is 3.40. The molecule has 0 aromatic carbocycles. The maximum Gasteiger partial charge on any atom is 0.0259 e. The summed E-state index contributed by atoms with van der Waals surface area (Å²) < 4.78 is 0. The lowest BCUT2D eigenvalue weighted by molar-refractivity contribution is 0.278. The average Bonchev–Trinajstić information content (AvgIpc) is 2.48. The van der Waals surface area contributed by atoms with Crippen LogP contribution < -0.4 is 0 Å². The van der Waals surface area contributed by atoms with Crippen molar-refractivity contribution in [1.29, 1.82) is 0 Å². The van der Waals surface area contributed by atoms with Crippen LogP contribution in [0.3, 0.4) is 0 Å². The molecule has 0 saturated carbocycles. The van der Waals surface area contributed by atoms with Gasteiger partial charge in [0.05, 0.1) is 0 Å². The molecule has 1 rings (SSSR count). The van der Waals surface area contributed by atoms with Gasteiger partial charge < -0.3 is 4.90 Å². The molecule has 0 amide bonds. The van der Waals surface area contributed by atoms with E-state index < -0.39 is 0 Å². The summed E-state index contributed by atoms with van der Waals surface area (Å²) in [5, 5.41) is 0. The molecule has 1 nitrogen and oxygen atoms in total. The van der Waals surface area contributed by atoms with Crippen LogP contribution in [0.25, 0.3) is 0 Å². The van der Waals surface area contributed by atoms with Crippen molar-refractivity contribution in [3.05, 3.63) is 12.3 Å². The Morgan fingerprint density at radius 3 is 2.38 bits per heavy atom. The quantitative estimate of drug-likeness (QED) is 0.646. The summed E-state index contributed by atoms with van der Waals surface area (Å²) in [6.07, 6.45) is 2.68. The molecule has 76 valence electrons. The fourth-order valence-corrected chi connectivity index (χ4v) is 2.01. The highest BCUT2D eigenvalue weighted by atomic mass is 15.2. The van der Waals surface area contributed by atoms with Crippen molar-refractivity contribution in [3.8, 4) is 0 Å². The molecule has 1 saturated heterocycles. The highest BCUT2D eigenvalue weighted by molar-refractivity contribution is 5.03. The maximum atomic E-state index is 4.23. The van der Waals surface area contributed by atoms with E-state index in [0.29, 0.717) is 17.9 Å². The molecule has 13 heavy (non-hydrogen) atoms. The topological polar surface area (TPSA) is 3.24 Å². The average molecular weight is 181 g/mol. The molecular formula is C12H23N. The SMILES string of the molecule is C=C(C(C)C(C)C)N1CCC[C@H]1C. The van der Waals surface area contributed by atoms with Crippen molar-refractivity contribution in [2.45, 2.75) is 46.6 Å². The van der Waals surface area contributed by atoms with Crippen LogP contribution in [-0.4, -0.2) is 17.5 Å². The van der Waals surface area contributed by atoms with Gasteiger partial charge in [-0.25, -0.2) is 0 Å². The first-order valence-corrected chi connectivity index (χ1v) is 5.49. The molecular weight excluding hydrogens is 158 g/mol. The monoisotopic (exact) mass is 181 g/mol. The van der Waals surface area contributed by atoms with Gasteiger partial charge in [0.1, 0.15) is 0 Å². The fourth-order valence-electron chi connectivity index (χ4n) is 2.01. The smallest absolute Gasteiger partial charge is 0.0259 e. The second kappa shape index (κ2) is 4.17. The van der Waals surface area contributed by atoms with E-state index in [2.05, 4.69) is 39.2 Å². The maximum absolute atomic E-state index is 4.23. The van der Waals surface area contributed by atoms with E-state index in [0.717, 1.165) is 0 Å². The Morgan fingerprint density at radius 2 is 2.00 bits per heavy atom. The van der Waals surface area contributed by atoms with Crippen LogP contribution in [0.1, 0.15) is 40.5 Å². The predicted molar refractivity (Wildman–Crippen MR) is 58.5 cm³/mol. The van der Waals surface area contributed by atoms with E-state index >= 15 is 0 Å². The lowest BCUT2D eigenvalue weighted by Gasteiger charge is -2.31. The molecule has 0 aromatic rings. The Bertz CT molecular complexity index is 184. The van der Waals surface area contributed by atoms with Crippen molar-refractivity contribution < 1.29 is 0 Å². The largest absolute Gasteiger partial charge is 0.372 e. The van der Waals surface area contributed by atoms with E-state index in [1.807, 2.05) is 0 Å². The Hall–Kier alpha value is -0.460. The molecule has 0 N–H and O–H groups in total. The molecule has 0 aromatic heterocycles. The zero-order valence-corrected chi connectivity index (χ0v) is 9.51. The first kappa shape index (κ1) is 10.6. The third kappa shape index (κ3) is 2.26. The molecule has 0 aliphatic carbocycles. The Balaban J connectivity index is 2.56. The van der Waals surface area contributed by atoms with E-state index in [9.17, 15) is 0 Å². The number of allylic oxidation sites excluding steroid dienone is 1. The minimum atomic E-state index is 0.626. The van der Waals surface area contributed by atoms with Crippen molar-refractivity contribution in [2.24, 2.45) is 11.8 Å². The Labute approximate surface area is 82.8 Å². The first-order valence-electron chi connectivity index (χ1n) is 5.49. The number of hydrogen-bond acceptors (Lipinski definition) is 1. The van der Waals surface area contributed by atoms with E-state index in [1.165, 1.54) is 25.1 Å². The van der Waals surface area contributed by atoms with Crippen LogP contribution in [-0.2, 0) is 0 Å². The van der Waals surface area contributed by atoms with Gasteiger partial charge in [0, 0.05) is 18.3 Å². The van der Waals surface area contributed by atoms with Crippen LogP contribution >= 0.6 is 0 Å². The number of rotatable bonds is 3. The van der Waals surface area contributed by atoms with Gasteiger partial charge in [-0.3, -0.25) is 0 Å². The number of likely N-dealkylation sites (tertiary alicyclic amines) is 1. The summed E-state index contributed by atoms with van der Waals surface area (Å²) >= 11 is 0. The highest BCUT2D eigenvalue weighted by Gasteiger charge is 2.24. The minimum absolute atomic E-state index is 0.626. The molecule has 1 fully saturated rings. The van der Waals surface area contributed by atoms with Crippen molar-refractivity contribution >= 4 is 0 Å². The summed E-state index contributed by atoms with van der Waals surface area (Å²) in [6, 6.07) is 0.716. The molecule has 1 unspecified atom stereocenters. The molecule has 1 aliphatic rings. The van der Waals surface area contributed by atoms with Gasteiger partial charge in [-0.15, -0.1) is 0 Å². The fraction of sp³-hybridized carbons (Fsp3) is 0.833. The third-order valence-electron chi connectivity index (χ3n) is 3.45. The molecule has 0 spiro atoms. The lowest BCUT2D eigenvalue weighted by Crippen LogP contribution is -2.30. The summed E-state index contributed by atoms with van der Waals surface area (Å²) in [7, 11) is 0. The van der Waals surface area contributed by atoms with Gasteiger partial charge in [-0.1, -0.05) is 27.4 Å². The van der Waals surface area contributed by atoms with Gasteiger partial charge in [0.15, 0.2) is 0 Å². The van der Waals surface area contributed by atoms with Crippen LogP contribution in [0.4, 0.5) is 0 Å². The van der Waals surface area contributed by atoms with E-state index in [1.54, 1.807) is 0 Å².